The van der Waals surface area contributed by atoms with Gasteiger partial charge in [0.1, 0.15) is 0 Å². The van der Waals surface area contributed by atoms with Gasteiger partial charge in [0, 0.05) is 39.2 Å². The summed E-state index contributed by atoms with van der Waals surface area (Å²) in [6.07, 6.45) is -19.1. The van der Waals surface area contributed by atoms with Gasteiger partial charge in [0.05, 0.1) is 44.7 Å². The normalized spacial score (nSPS) is 12.5. The lowest BCUT2D eigenvalue weighted by molar-refractivity contribution is -0.144. The minimum Gasteiger partial charge on any atom is -0.308 e. The summed E-state index contributed by atoms with van der Waals surface area (Å²) in [7, 11) is 0. The van der Waals surface area contributed by atoms with Crippen LogP contribution in [0.2, 0.25) is 0 Å². The van der Waals surface area contributed by atoms with Gasteiger partial charge in [0.2, 0.25) is 0 Å². The Bertz CT molecular complexity index is 3380. The number of fused-ring (bicyclic) bond motifs is 3. The summed E-state index contributed by atoms with van der Waals surface area (Å²) in [6, 6.07) is 38.8. The van der Waals surface area contributed by atoms with E-state index in [1.54, 1.807) is 108 Å². The summed E-state index contributed by atoms with van der Waals surface area (Å²) in [5, 5.41) is 0.729. The molecule has 17 heteroatoms. The quantitative estimate of drug-likeness (QED) is 0.149. The van der Waals surface area contributed by atoms with E-state index in [1.807, 2.05) is 0 Å². The molecule has 0 fully saturated rings. The molecule has 3 aromatic heterocycles. The Morgan fingerprint density at radius 2 is 0.732 bits per heavy atom. The van der Waals surface area contributed by atoms with E-state index in [1.165, 1.54) is 36.4 Å². The lowest BCUT2D eigenvalue weighted by Crippen LogP contribution is -2.11. The summed E-state index contributed by atoms with van der Waals surface area (Å²) in [6.45, 7) is 0. The maximum atomic E-state index is 14.2. The van der Waals surface area contributed by atoms with Crippen LogP contribution in [-0.4, -0.2) is 24.5 Å². The summed E-state index contributed by atoms with van der Waals surface area (Å²) >= 11 is 0. The summed E-state index contributed by atoms with van der Waals surface area (Å²) in [5.74, 6) is 0.559. The molecule has 0 saturated carbocycles. The molecule has 0 aliphatic heterocycles. The predicted molar refractivity (Wildman–Crippen MR) is 245 cm³/mol. The molecule has 0 unspecified atom stereocenters. The standard InChI is InChI=1S/C54H29F12N5/c55-51(56,57)37-21-35(22-38(28-37)52(58,59)60)32-14-17-41-42-18-15-33(36-23-39(53(61,62)63)29-40(24-36)54(64,65)66)27-47(42)71(46(41)26-32)45-19-16-34(44-13-7-8-20-67-44)25-43(45)50-69-48(30-9-3-1-4-10-30)68-49(70-50)31-11-5-2-6-12-31/h1-29H. The van der Waals surface area contributed by atoms with Gasteiger partial charge in [-0.05, 0) is 95.1 Å². The number of halogens is 12. The first-order valence-corrected chi connectivity index (χ1v) is 21.3. The smallest absolute Gasteiger partial charge is 0.308 e. The highest BCUT2D eigenvalue weighted by Gasteiger charge is 2.39. The minimum atomic E-state index is -5.17. The molecule has 0 atom stereocenters. The van der Waals surface area contributed by atoms with Gasteiger partial charge < -0.3 is 4.57 Å². The Morgan fingerprint density at radius 3 is 1.14 bits per heavy atom. The van der Waals surface area contributed by atoms with E-state index in [0.717, 1.165) is 0 Å². The highest BCUT2D eigenvalue weighted by Crippen LogP contribution is 2.45. The molecule has 10 rings (SSSR count). The second-order valence-corrected chi connectivity index (χ2v) is 16.4. The van der Waals surface area contributed by atoms with Crippen LogP contribution in [0.3, 0.4) is 0 Å². The Balaban J connectivity index is 1.32. The van der Waals surface area contributed by atoms with Gasteiger partial charge >= 0.3 is 24.7 Å². The van der Waals surface area contributed by atoms with E-state index in [-0.39, 0.29) is 63.0 Å². The van der Waals surface area contributed by atoms with E-state index in [4.69, 9.17) is 15.0 Å². The first kappa shape index (κ1) is 46.4. The Morgan fingerprint density at radius 1 is 0.324 bits per heavy atom. The largest absolute Gasteiger partial charge is 0.416 e. The molecule has 0 amide bonds. The Hall–Kier alpha value is -8.34. The summed E-state index contributed by atoms with van der Waals surface area (Å²) < 4.78 is 172. The minimum absolute atomic E-state index is 0.01000. The van der Waals surface area contributed by atoms with Crippen molar-refractivity contribution < 1.29 is 52.7 Å². The molecule has 0 N–H and O–H groups in total. The van der Waals surface area contributed by atoms with Crippen LogP contribution in [0.1, 0.15) is 22.3 Å². The molecule has 0 radical (unpaired) electrons. The third-order valence-electron chi connectivity index (χ3n) is 11.7. The molecule has 71 heavy (non-hydrogen) atoms. The first-order chi connectivity index (χ1) is 33.7. The maximum Gasteiger partial charge on any atom is 0.416 e. The predicted octanol–water partition coefficient (Wildman–Crippen LogP) is 16.4. The van der Waals surface area contributed by atoms with Crippen molar-refractivity contribution in [1.29, 1.82) is 0 Å². The van der Waals surface area contributed by atoms with Crippen molar-refractivity contribution in [2.45, 2.75) is 24.7 Å². The second kappa shape index (κ2) is 17.3. The van der Waals surface area contributed by atoms with E-state index >= 15 is 0 Å². The highest BCUT2D eigenvalue weighted by molar-refractivity contribution is 6.11. The van der Waals surface area contributed by atoms with E-state index in [2.05, 4.69) is 4.98 Å². The molecule has 7 aromatic carbocycles. The topological polar surface area (TPSA) is 56.5 Å². The SMILES string of the molecule is FC(F)(F)c1cc(-c2ccc3c4ccc(-c5cc(C(F)(F)F)cc(C(F)(F)F)c5)cc4n(-c4ccc(-c5ccccn5)cc4-c4nc(-c5ccccc5)nc(-c5ccccc5)n4)c3c2)cc(C(F)(F)F)c1. The van der Waals surface area contributed by atoms with Crippen molar-refractivity contribution in [1.82, 2.24) is 24.5 Å². The summed E-state index contributed by atoms with van der Waals surface area (Å²) in [5.41, 5.74) is -4.19. The molecule has 0 aliphatic carbocycles. The van der Waals surface area contributed by atoms with Crippen molar-refractivity contribution in [2.75, 3.05) is 0 Å². The lowest BCUT2D eigenvalue weighted by atomic mass is 9.97. The number of nitrogens with zero attached hydrogens (tertiary/aromatic N) is 5. The molecule has 3 heterocycles. The maximum absolute atomic E-state index is 14.2. The van der Waals surface area contributed by atoms with Crippen LogP contribution in [0.4, 0.5) is 52.7 Å². The van der Waals surface area contributed by atoms with Crippen LogP contribution in [0.5, 0.6) is 0 Å². The number of alkyl halides is 12. The van der Waals surface area contributed by atoms with Crippen molar-refractivity contribution in [3.63, 3.8) is 0 Å². The Kier molecular flexibility index (Phi) is 11.3. The number of hydrogen-bond acceptors (Lipinski definition) is 4. The molecular weight excluding hydrogens is 947 g/mol. The zero-order chi connectivity index (χ0) is 50.0. The third kappa shape index (κ3) is 9.18. The van der Waals surface area contributed by atoms with Gasteiger partial charge in [-0.25, -0.2) is 15.0 Å². The van der Waals surface area contributed by atoms with E-state index in [0.29, 0.717) is 57.4 Å². The monoisotopic (exact) mass is 975 g/mol. The van der Waals surface area contributed by atoms with Crippen molar-refractivity contribution in [3.8, 4) is 73.4 Å². The molecule has 354 valence electrons. The van der Waals surface area contributed by atoms with Gasteiger partial charge in [-0.2, -0.15) is 52.7 Å². The van der Waals surface area contributed by atoms with Crippen LogP contribution in [0.25, 0.3) is 95.2 Å². The van der Waals surface area contributed by atoms with Gasteiger partial charge in [0.15, 0.2) is 17.5 Å². The van der Waals surface area contributed by atoms with Crippen LogP contribution in [0.15, 0.2) is 176 Å². The van der Waals surface area contributed by atoms with E-state index < -0.39 is 58.1 Å². The van der Waals surface area contributed by atoms with Crippen LogP contribution in [0, 0.1) is 0 Å². The zero-order valence-electron chi connectivity index (χ0n) is 36.0. The fourth-order valence-corrected chi connectivity index (χ4v) is 8.41. The number of aromatic nitrogens is 5. The molecular formula is C54H29F12N5. The third-order valence-corrected chi connectivity index (χ3v) is 11.7. The van der Waals surface area contributed by atoms with Crippen molar-refractivity contribution in [2.24, 2.45) is 0 Å². The number of benzene rings is 7. The van der Waals surface area contributed by atoms with Gasteiger partial charge in [-0.15, -0.1) is 0 Å². The fraction of sp³-hybridized carbons (Fsp3) is 0.0741. The van der Waals surface area contributed by atoms with Crippen molar-refractivity contribution >= 4 is 21.8 Å². The molecule has 0 bridgehead atoms. The molecule has 0 spiro atoms. The van der Waals surface area contributed by atoms with Crippen molar-refractivity contribution in [3.05, 3.63) is 198 Å². The van der Waals surface area contributed by atoms with Crippen LogP contribution in [-0.2, 0) is 24.7 Å². The van der Waals surface area contributed by atoms with Gasteiger partial charge in [0.25, 0.3) is 0 Å². The average molecular weight is 976 g/mol. The fourth-order valence-electron chi connectivity index (χ4n) is 8.41. The highest BCUT2D eigenvalue weighted by atomic mass is 19.4. The number of hydrogen-bond donors (Lipinski definition) is 0. The lowest BCUT2D eigenvalue weighted by Gasteiger charge is -2.17. The second-order valence-electron chi connectivity index (χ2n) is 16.4. The molecule has 0 aliphatic rings. The van der Waals surface area contributed by atoms with E-state index in [9.17, 15) is 52.7 Å². The average Bonchev–Trinajstić information content (AvgIpc) is 3.68. The van der Waals surface area contributed by atoms with Gasteiger partial charge in [-0.3, -0.25) is 4.98 Å². The number of rotatable bonds is 7. The molecule has 0 saturated heterocycles. The van der Waals surface area contributed by atoms with Gasteiger partial charge in [-0.1, -0.05) is 97.1 Å². The van der Waals surface area contributed by atoms with Crippen LogP contribution < -0.4 is 0 Å². The Labute approximate surface area is 394 Å². The summed E-state index contributed by atoms with van der Waals surface area (Å²) in [4.78, 5) is 19.2. The molecule has 5 nitrogen and oxygen atoms in total. The zero-order valence-corrected chi connectivity index (χ0v) is 36.0. The first-order valence-electron chi connectivity index (χ1n) is 21.3. The van der Waals surface area contributed by atoms with Crippen LogP contribution >= 0.6 is 0 Å². The molecule has 10 aromatic rings. The number of pyridine rings is 1.